The summed E-state index contributed by atoms with van der Waals surface area (Å²) in [6.45, 7) is 2.46. The number of hydrogen-bond acceptors (Lipinski definition) is 8. The van der Waals surface area contributed by atoms with Gasteiger partial charge in [-0.15, -0.1) is 0 Å². The van der Waals surface area contributed by atoms with Gasteiger partial charge in [0.05, 0.1) is 12.6 Å². The van der Waals surface area contributed by atoms with Crippen LogP contribution in [0.4, 0.5) is 0 Å². The lowest BCUT2D eigenvalue weighted by atomic mass is 10.0. The maximum Gasteiger partial charge on any atom is 0.328 e. The molecule has 0 aliphatic rings. The van der Waals surface area contributed by atoms with Crippen LogP contribution in [-0.2, 0) is 28.8 Å². The Balaban J connectivity index is 5.55. The highest BCUT2D eigenvalue weighted by molar-refractivity contribution is 5.94. The molecule has 4 atom stereocenters. The van der Waals surface area contributed by atoms with Gasteiger partial charge in [-0.05, 0) is 18.8 Å². The van der Waals surface area contributed by atoms with Crippen LogP contribution < -0.4 is 33.2 Å². The van der Waals surface area contributed by atoms with E-state index in [1.807, 2.05) is 5.32 Å². The van der Waals surface area contributed by atoms with Crippen molar-refractivity contribution in [3.8, 4) is 0 Å². The van der Waals surface area contributed by atoms with E-state index < -0.39 is 66.3 Å². The smallest absolute Gasteiger partial charge is 0.328 e. The number of nitrogens with one attached hydrogen (secondary N) is 3. The van der Waals surface area contributed by atoms with Gasteiger partial charge in [-0.3, -0.25) is 24.0 Å². The number of amides is 5. The summed E-state index contributed by atoms with van der Waals surface area (Å²) in [7, 11) is 0. The molecule has 0 saturated carbocycles. The van der Waals surface area contributed by atoms with E-state index in [4.69, 9.17) is 27.4 Å². The van der Waals surface area contributed by atoms with E-state index in [2.05, 4.69) is 10.6 Å². The summed E-state index contributed by atoms with van der Waals surface area (Å²) in [5.41, 5.74) is 15.9. The second-order valence-electron chi connectivity index (χ2n) is 7.48. The second-order valence-corrected chi connectivity index (χ2v) is 7.48. The normalized spacial score (nSPS) is 14.5. The van der Waals surface area contributed by atoms with E-state index >= 15 is 0 Å². The molecule has 0 rings (SSSR count). The topological polar surface area (TPSA) is 257 Å². The molecule has 0 aromatic heterocycles. The highest BCUT2D eigenvalue weighted by Gasteiger charge is 2.30. The number of nitrogens with two attached hydrogens (primary N) is 3. The first-order chi connectivity index (χ1) is 14.8. The van der Waals surface area contributed by atoms with Crippen LogP contribution in [0, 0.1) is 5.92 Å². The Morgan fingerprint density at radius 1 is 0.750 bits per heavy atom. The van der Waals surface area contributed by atoms with Gasteiger partial charge in [-0.2, -0.15) is 0 Å². The molecule has 14 heteroatoms. The third-order valence-corrected chi connectivity index (χ3v) is 4.44. The summed E-state index contributed by atoms with van der Waals surface area (Å²) < 4.78 is 0. The number of aliphatic hydroxyl groups excluding tert-OH is 1. The molecule has 182 valence electrons. The summed E-state index contributed by atoms with van der Waals surface area (Å²) in [5.74, 6) is -5.86. The molecule has 0 aliphatic heterocycles. The van der Waals surface area contributed by atoms with E-state index in [0.717, 1.165) is 0 Å². The molecule has 5 amide bonds. The molecule has 0 aliphatic carbocycles. The minimum absolute atomic E-state index is 0.198. The molecule has 0 saturated heterocycles. The zero-order chi connectivity index (χ0) is 25.0. The van der Waals surface area contributed by atoms with E-state index in [9.17, 15) is 28.8 Å². The van der Waals surface area contributed by atoms with Gasteiger partial charge in [0.15, 0.2) is 0 Å². The Hall–Kier alpha value is -3.26. The number of hydrogen-bond donors (Lipinski definition) is 8. The van der Waals surface area contributed by atoms with Crippen molar-refractivity contribution in [3.63, 3.8) is 0 Å². The van der Waals surface area contributed by atoms with Crippen molar-refractivity contribution in [3.05, 3.63) is 0 Å². The lowest BCUT2D eigenvalue weighted by Gasteiger charge is -2.25. The van der Waals surface area contributed by atoms with Gasteiger partial charge in [-0.1, -0.05) is 13.8 Å². The minimum Gasteiger partial charge on any atom is -0.480 e. The van der Waals surface area contributed by atoms with Crippen molar-refractivity contribution in [1.82, 2.24) is 16.0 Å². The third-order valence-electron chi connectivity index (χ3n) is 4.44. The molecule has 4 unspecified atom stereocenters. The molecule has 0 radical (unpaired) electrons. The van der Waals surface area contributed by atoms with Crippen molar-refractivity contribution >= 4 is 35.5 Å². The van der Waals surface area contributed by atoms with Crippen molar-refractivity contribution in [2.75, 3.05) is 6.61 Å². The predicted molar refractivity (Wildman–Crippen MR) is 110 cm³/mol. The minimum atomic E-state index is -1.65. The summed E-state index contributed by atoms with van der Waals surface area (Å²) in [6, 6.07) is -5.31. The van der Waals surface area contributed by atoms with Crippen LogP contribution in [0.15, 0.2) is 0 Å². The first kappa shape index (κ1) is 28.7. The number of rotatable bonds is 15. The number of carboxylic acids is 1. The van der Waals surface area contributed by atoms with Crippen LogP contribution in [0.25, 0.3) is 0 Å². The molecule has 11 N–H and O–H groups in total. The van der Waals surface area contributed by atoms with Crippen molar-refractivity contribution in [2.45, 2.75) is 63.7 Å². The van der Waals surface area contributed by atoms with Gasteiger partial charge in [0.2, 0.25) is 29.5 Å². The molecule has 14 nitrogen and oxygen atoms in total. The Labute approximate surface area is 184 Å². The maximum absolute atomic E-state index is 12.8. The zero-order valence-corrected chi connectivity index (χ0v) is 18.0. The van der Waals surface area contributed by atoms with Gasteiger partial charge in [-0.25, -0.2) is 4.79 Å². The number of carbonyl (C=O) groups is 6. The average molecular weight is 460 g/mol. The van der Waals surface area contributed by atoms with Crippen LogP contribution >= 0.6 is 0 Å². The number of carbonyl (C=O) groups excluding carboxylic acids is 5. The fourth-order valence-electron chi connectivity index (χ4n) is 2.41. The lowest BCUT2D eigenvalue weighted by molar-refractivity contribution is -0.143. The standard InChI is InChI=1S/C18H32N6O8/c1-8(2)14(21)17(30)23-10(4-6-13(20)27)15(28)22-9(3-5-12(19)26)16(29)24-11(7-25)18(31)32/h8-11,14,25H,3-7,21H2,1-2H3,(H2,19,26)(H2,20,27)(H,22,28)(H,23,30)(H,24,29)(H,31,32). The van der Waals surface area contributed by atoms with Crippen LogP contribution in [-0.4, -0.2) is 76.5 Å². The molecule has 0 aromatic carbocycles. The Morgan fingerprint density at radius 3 is 1.44 bits per heavy atom. The van der Waals surface area contributed by atoms with E-state index in [1.54, 1.807) is 13.8 Å². The number of aliphatic carboxylic acids is 1. The van der Waals surface area contributed by atoms with Crippen LogP contribution in [0.2, 0.25) is 0 Å². The van der Waals surface area contributed by atoms with Gasteiger partial charge < -0.3 is 43.4 Å². The fourth-order valence-corrected chi connectivity index (χ4v) is 2.41. The van der Waals surface area contributed by atoms with E-state index in [0.29, 0.717) is 0 Å². The molecule has 0 fully saturated rings. The number of primary amides is 2. The largest absolute Gasteiger partial charge is 0.480 e. The van der Waals surface area contributed by atoms with Crippen LogP contribution in [0.5, 0.6) is 0 Å². The molecular formula is C18H32N6O8. The van der Waals surface area contributed by atoms with Crippen molar-refractivity contribution in [2.24, 2.45) is 23.1 Å². The Bertz CT molecular complexity index is 714. The third kappa shape index (κ3) is 10.7. The van der Waals surface area contributed by atoms with Crippen molar-refractivity contribution in [1.29, 1.82) is 0 Å². The van der Waals surface area contributed by atoms with Crippen molar-refractivity contribution < 1.29 is 39.0 Å². The van der Waals surface area contributed by atoms with Gasteiger partial charge in [0, 0.05) is 12.8 Å². The van der Waals surface area contributed by atoms with E-state index in [-0.39, 0.29) is 31.6 Å². The quantitative estimate of drug-likeness (QED) is 0.118. The SMILES string of the molecule is CC(C)C(N)C(=O)NC(CCC(N)=O)C(=O)NC(CCC(N)=O)C(=O)NC(CO)C(=O)O. The molecule has 0 spiro atoms. The number of carboxylic acid groups (broad SMARTS) is 1. The average Bonchev–Trinajstić information content (AvgIpc) is 2.70. The first-order valence-electron chi connectivity index (χ1n) is 9.87. The molecule has 0 bridgehead atoms. The highest BCUT2D eigenvalue weighted by Crippen LogP contribution is 2.05. The summed E-state index contributed by atoms with van der Waals surface area (Å²) in [4.78, 5) is 70.8. The summed E-state index contributed by atoms with van der Waals surface area (Å²) in [6.07, 6.45) is -1.08. The van der Waals surface area contributed by atoms with Gasteiger partial charge >= 0.3 is 5.97 Å². The van der Waals surface area contributed by atoms with E-state index in [1.165, 1.54) is 0 Å². The Morgan fingerprint density at radius 2 is 1.12 bits per heavy atom. The van der Waals surface area contributed by atoms with Crippen LogP contribution in [0.3, 0.4) is 0 Å². The predicted octanol–water partition coefficient (Wildman–Crippen LogP) is -3.97. The first-order valence-corrected chi connectivity index (χ1v) is 9.87. The van der Waals surface area contributed by atoms with Gasteiger partial charge in [0.1, 0.15) is 18.1 Å². The highest BCUT2D eigenvalue weighted by atomic mass is 16.4. The zero-order valence-electron chi connectivity index (χ0n) is 18.0. The molecule has 32 heavy (non-hydrogen) atoms. The fraction of sp³-hybridized carbons (Fsp3) is 0.667. The van der Waals surface area contributed by atoms with Crippen LogP contribution in [0.1, 0.15) is 39.5 Å². The monoisotopic (exact) mass is 460 g/mol. The lowest BCUT2D eigenvalue weighted by Crippen LogP contribution is -2.58. The second kappa shape index (κ2) is 13.9. The molecule has 0 heterocycles. The molecular weight excluding hydrogens is 428 g/mol. The Kier molecular flexibility index (Phi) is 12.5. The maximum atomic E-state index is 12.8. The van der Waals surface area contributed by atoms with Gasteiger partial charge in [0.25, 0.3) is 0 Å². The summed E-state index contributed by atoms with van der Waals surface area (Å²) >= 11 is 0. The molecule has 0 aromatic rings. The summed E-state index contributed by atoms with van der Waals surface area (Å²) in [5, 5.41) is 24.8. The number of aliphatic hydroxyl groups is 1.